The Hall–Kier alpha value is -2.57. The number of rotatable bonds is 3. The molecule has 4 heterocycles. The van der Waals surface area contributed by atoms with E-state index in [1.54, 1.807) is 18.5 Å². The van der Waals surface area contributed by atoms with E-state index in [2.05, 4.69) is 14.9 Å². The molecule has 136 valence electrons. The number of benzene rings is 1. The van der Waals surface area contributed by atoms with Crippen molar-refractivity contribution in [2.45, 2.75) is 22.6 Å². The first-order valence-electron chi connectivity index (χ1n) is 9.03. The lowest BCUT2D eigenvalue weighted by Gasteiger charge is -2.17. The Bertz CT molecular complexity index is 1080. The minimum Gasteiger partial charge on any atom is -0.296 e. The molecule has 1 aromatic carbocycles. The summed E-state index contributed by atoms with van der Waals surface area (Å²) in [4.78, 5) is 11.3. The summed E-state index contributed by atoms with van der Waals surface area (Å²) in [6.07, 6.45) is 5.33. The van der Waals surface area contributed by atoms with Crippen LogP contribution in [0.2, 0.25) is 0 Å². The topological polar surface area (TPSA) is 63.2 Å². The van der Waals surface area contributed by atoms with Crippen LogP contribution in [0, 0.1) is 0 Å². The molecular weight excluding hydrogens is 358 g/mol. The van der Waals surface area contributed by atoms with Crippen LogP contribution < -0.4 is 0 Å². The molecule has 27 heavy (non-hydrogen) atoms. The Morgan fingerprint density at radius 3 is 2.70 bits per heavy atom. The summed E-state index contributed by atoms with van der Waals surface area (Å²) in [6, 6.07) is 15.4. The highest BCUT2D eigenvalue weighted by molar-refractivity contribution is 7.92. The Labute approximate surface area is 158 Å². The van der Waals surface area contributed by atoms with E-state index >= 15 is 0 Å². The summed E-state index contributed by atoms with van der Waals surface area (Å²) in [7, 11) is -3.28. The van der Waals surface area contributed by atoms with Gasteiger partial charge in [0.25, 0.3) is 0 Å². The average molecular weight is 377 g/mol. The highest BCUT2D eigenvalue weighted by atomic mass is 32.2. The number of hydrogen-bond acceptors (Lipinski definition) is 5. The predicted octanol–water partition coefficient (Wildman–Crippen LogP) is 2.90. The maximum atomic E-state index is 13.1. The summed E-state index contributed by atoms with van der Waals surface area (Å²) >= 11 is 0. The molecule has 0 N–H and O–H groups in total. The maximum Gasteiger partial charge on any atom is 0.183 e. The predicted molar refractivity (Wildman–Crippen MR) is 103 cm³/mol. The zero-order valence-corrected chi connectivity index (χ0v) is 15.5. The Kier molecular flexibility index (Phi) is 3.84. The summed E-state index contributed by atoms with van der Waals surface area (Å²) in [6.45, 7) is 1.98. The lowest BCUT2D eigenvalue weighted by molar-refractivity contribution is 0.321. The molecule has 3 aromatic rings. The van der Waals surface area contributed by atoms with E-state index in [-0.39, 0.29) is 11.2 Å². The average Bonchev–Trinajstić information content (AvgIpc) is 3.21. The van der Waals surface area contributed by atoms with Crippen LogP contribution in [-0.4, -0.2) is 41.6 Å². The van der Waals surface area contributed by atoms with Gasteiger partial charge in [0.1, 0.15) is 0 Å². The quantitative estimate of drug-likeness (QED) is 0.702. The molecule has 0 saturated carbocycles. The molecule has 0 radical (unpaired) electrons. The molecule has 1 saturated heterocycles. The molecule has 2 aliphatic heterocycles. The van der Waals surface area contributed by atoms with Crippen molar-refractivity contribution in [1.82, 2.24) is 14.9 Å². The summed E-state index contributed by atoms with van der Waals surface area (Å²) in [5.41, 5.74) is 3.94. The summed E-state index contributed by atoms with van der Waals surface area (Å²) in [5, 5.41) is -0.361. The first-order chi connectivity index (χ1) is 13.1. The van der Waals surface area contributed by atoms with Crippen molar-refractivity contribution >= 4 is 9.84 Å². The van der Waals surface area contributed by atoms with E-state index < -0.39 is 9.84 Å². The Morgan fingerprint density at radius 2 is 1.93 bits per heavy atom. The molecule has 2 aliphatic rings. The molecule has 0 amide bonds. The van der Waals surface area contributed by atoms with Crippen LogP contribution in [0.15, 0.2) is 72.0 Å². The third-order valence-corrected chi connectivity index (χ3v) is 7.82. The fraction of sp³-hybridized carbons (Fsp3) is 0.238. The smallest absolute Gasteiger partial charge is 0.183 e. The molecule has 2 atom stereocenters. The van der Waals surface area contributed by atoms with Crippen LogP contribution in [0.3, 0.4) is 0 Å². The van der Waals surface area contributed by atoms with E-state index in [9.17, 15) is 8.42 Å². The molecule has 5 rings (SSSR count). The lowest BCUT2D eigenvalue weighted by atomic mass is 9.95. The maximum absolute atomic E-state index is 13.1. The molecule has 0 spiro atoms. The van der Waals surface area contributed by atoms with Crippen LogP contribution in [0.4, 0.5) is 0 Å². The summed E-state index contributed by atoms with van der Waals surface area (Å²) < 4.78 is 26.1. The van der Waals surface area contributed by atoms with E-state index in [0.29, 0.717) is 18.0 Å². The van der Waals surface area contributed by atoms with Gasteiger partial charge in [-0.3, -0.25) is 14.9 Å². The number of sulfone groups is 1. The fourth-order valence-electron chi connectivity index (χ4n) is 4.29. The zero-order valence-electron chi connectivity index (χ0n) is 14.7. The normalized spacial score (nSPS) is 23.1. The van der Waals surface area contributed by atoms with Crippen LogP contribution in [0.5, 0.6) is 0 Å². The van der Waals surface area contributed by atoms with Gasteiger partial charge in [0.2, 0.25) is 0 Å². The van der Waals surface area contributed by atoms with Gasteiger partial charge in [-0.2, -0.15) is 0 Å². The minimum atomic E-state index is -3.28. The summed E-state index contributed by atoms with van der Waals surface area (Å²) in [5.74, 6) is 0.0188. The van der Waals surface area contributed by atoms with E-state index in [4.69, 9.17) is 0 Å². The van der Waals surface area contributed by atoms with Crippen LogP contribution in [0.25, 0.3) is 11.1 Å². The number of fused-ring (bicyclic) bond motifs is 3. The minimum absolute atomic E-state index is 0.0188. The molecule has 1 fully saturated rings. The second kappa shape index (κ2) is 6.25. The standard InChI is InChI=1S/C21H19N3O2S/c25-27(26)20-7-6-15(16-4-3-8-22-11-16)10-18(20)19-13-24(14-21(19)27)12-17-5-1-2-9-23-17/h1-11,19,21H,12-14H2/t19-,21-/m0/s1. The van der Waals surface area contributed by atoms with Gasteiger partial charge in [-0.15, -0.1) is 0 Å². The monoisotopic (exact) mass is 377 g/mol. The molecule has 2 aromatic heterocycles. The molecular formula is C21H19N3O2S. The number of pyridine rings is 2. The van der Waals surface area contributed by atoms with E-state index in [0.717, 1.165) is 28.9 Å². The number of aromatic nitrogens is 2. The van der Waals surface area contributed by atoms with E-state index in [1.165, 1.54) is 0 Å². The van der Waals surface area contributed by atoms with Gasteiger partial charge in [0.15, 0.2) is 9.84 Å². The first kappa shape index (κ1) is 16.6. The van der Waals surface area contributed by atoms with Crippen LogP contribution in [0.1, 0.15) is 17.2 Å². The number of hydrogen-bond donors (Lipinski definition) is 0. The van der Waals surface area contributed by atoms with Crippen molar-refractivity contribution in [2.75, 3.05) is 13.1 Å². The molecule has 0 unspecified atom stereocenters. The largest absolute Gasteiger partial charge is 0.296 e. The van der Waals surface area contributed by atoms with Crippen molar-refractivity contribution in [3.05, 3.63) is 78.4 Å². The van der Waals surface area contributed by atoms with Gasteiger partial charge in [0, 0.05) is 44.1 Å². The lowest BCUT2D eigenvalue weighted by Crippen LogP contribution is -2.26. The van der Waals surface area contributed by atoms with Gasteiger partial charge in [-0.25, -0.2) is 8.42 Å². The van der Waals surface area contributed by atoms with Crippen molar-refractivity contribution in [1.29, 1.82) is 0 Å². The number of nitrogens with zero attached hydrogens (tertiary/aromatic N) is 3. The third-order valence-electron chi connectivity index (χ3n) is 5.56. The zero-order chi connectivity index (χ0) is 18.4. The van der Waals surface area contributed by atoms with Crippen molar-refractivity contribution < 1.29 is 8.42 Å². The fourth-order valence-corrected chi connectivity index (χ4v) is 6.48. The highest BCUT2D eigenvalue weighted by Gasteiger charge is 2.50. The second-order valence-electron chi connectivity index (χ2n) is 7.20. The van der Waals surface area contributed by atoms with Gasteiger partial charge in [0.05, 0.1) is 15.8 Å². The second-order valence-corrected chi connectivity index (χ2v) is 9.33. The van der Waals surface area contributed by atoms with Gasteiger partial charge < -0.3 is 0 Å². The van der Waals surface area contributed by atoms with Crippen molar-refractivity contribution in [2.24, 2.45) is 0 Å². The van der Waals surface area contributed by atoms with Gasteiger partial charge in [-0.1, -0.05) is 18.2 Å². The van der Waals surface area contributed by atoms with Crippen LogP contribution in [-0.2, 0) is 16.4 Å². The van der Waals surface area contributed by atoms with Crippen molar-refractivity contribution in [3.63, 3.8) is 0 Å². The van der Waals surface area contributed by atoms with Crippen LogP contribution >= 0.6 is 0 Å². The van der Waals surface area contributed by atoms with Gasteiger partial charge in [-0.05, 0) is 47.0 Å². The molecule has 5 nitrogen and oxygen atoms in total. The highest BCUT2D eigenvalue weighted by Crippen LogP contribution is 2.46. The first-order valence-corrected chi connectivity index (χ1v) is 10.6. The Balaban J connectivity index is 1.49. The third kappa shape index (κ3) is 2.76. The molecule has 0 aliphatic carbocycles. The van der Waals surface area contributed by atoms with E-state index in [1.807, 2.05) is 48.7 Å². The van der Waals surface area contributed by atoms with Crippen molar-refractivity contribution in [3.8, 4) is 11.1 Å². The molecule has 6 heteroatoms. The SMILES string of the molecule is O=S1(=O)c2ccc(-c3cccnc3)cc2[C@@H]2CN(Cc3ccccn3)C[C@@H]21. The van der Waals surface area contributed by atoms with Gasteiger partial charge >= 0.3 is 0 Å². The molecule has 0 bridgehead atoms. The Morgan fingerprint density at radius 1 is 1.00 bits per heavy atom. The number of likely N-dealkylation sites (tertiary alicyclic amines) is 1.